The fraction of sp³-hybridized carbons (Fsp3) is 0.136. The first-order chi connectivity index (χ1) is 15.0. The molecule has 1 aliphatic rings. The van der Waals surface area contributed by atoms with Crippen LogP contribution in [-0.2, 0) is 4.79 Å². The molecule has 0 fully saturated rings. The van der Waals surface area contributed by atoms with Crippen molar-refractivity contribution in [2.45, 2.75) is 19.3 Å². The molecule has 0 unspecified atom stereocenters. The predicted octanol–water partition coefficient (Wildman–Crippen LogP) is 4.30. The molecule has 1 N–H and O–H groups in total. The Morgan fingerprint density at radius 3 is 2.77 bits per heavy atom. The van der Waals surface area contributed by atoms with E-state index in [9.17, 15) is 9.18 Å². The second kappa shape index (κ2) is 7.55. The zero-order valence-corrected chi connectivity index (χ0v) is 17.1. The first kappa shape index (κ1) is 19.3. The zero-order valence-electron chi connectivity index (χ0n) is 16.4. The van der Waals surface area contributed by atoms with E-state index in [1.165, 1.54) is 23.0 Å². The largest absolute Gasteiger partial charge is 0.310 e. The fourth-order valence-corrected chi connectivity index (χ4v) is 4.04. The molecule has 154 valence electrons. The second-order valence-corrected chi connectivity index (χ2v) is 7.70. The Balaban J connectivity index is 1.61. The number of halogens is 2. The Bertz CT molecular complexity index is 1300. The maximum absolute atomic E-state index is 13.3. The first-order valence-corrected chi connectivity index (χ1v) is 9.98. The van der Waals surface area contributed by atoms with Gasteiger partial charge in [-0.1, -0.05) is 23.7 Å². The van der Waals surface area contributed by atoms with E-state index in [1.54, 1.807) is 18.2 Å². The van der Waals surface area contributed by atoms with E-state index in [0.29, 0.717) is 22.1 Å². The quantitative estimate of drug-likeness (QED) is 0.519. The number of anilines is 1. The number of hydrogen-bond acceptors (Lipinski definition) is 5. The molecule has 1 aliphatic heterocycles. The van der Waals surface area contributed by atoms with Gasteiger partial charge < -0.3 is 5.32 Å². The molecule has 0 saturated heterocycles. The Kier molecular flexibility index (Phi) is 4.71. The summed E-state index contributed by atoms with van der Waals surface area (Å²) < 4.78 is 14.8. The first-order valence-electron chi connectivity index (χ1n) is 9.60. The van der Waals surface area contributed by atoms with Crippen LogP contribution in [0.4, 0.5) is 10.2 Å². The minimum atomic E-state index is -0.336. The van der Waals surface area contributed by atoms with Crippen LogP contribution in [0.3, 0.4) is 0 Å². The van der Waals surface area contributed by atoms with Crippen LogP contribution in [0.25, 0.3) is 17.2 Å². The number of aromatic nitrogens is 5. The number of aryl methyl sites for hydroxylation is 1. The van der Waals surface area contributed by atoms with Crippen molar-refractivity contribution in [3.8, 4) is 17.2 Å². The van der Waals surface area contributed by atoms with E-state index in [1.807, 2.05) is 25.1 Å². The van der Waals surface area contributed by atoms with Gasteiger partial charge in [-0.05, 0) is 48.9 Å². The van der Waals surface area contributed by atoms with Crippen LogP contribution in [0.5, 0.6) is 0 Å². The molecule has 4 aromatic rings. The monoisotopic (exact) mass is 434 g/mol. The Labute approximate surface area is 181 Å². The lowest BCUT2D eigenvalue weighted by Gasteiger charge is -2.24. The number of benzene rings is 2. The van der Waals surface area contributed by atoms with Crippen LogP contribution < -0.4 is 5.32 Å². The predicted molar refractivity (Wildman–Crippen MR) is 114 cm³/mol. The molecule has 7 nitrogen and oxygen atoms in total. The Hall–Kier alpha value is -3.65. The van der Waals surface area contributed by atoms with Gasteiger partial charge in [-0.15, -0.1) is 5.10 Å². The van der Waals surface area contributed by atoms with Crippen molar-refractivity contribution < 1.29 is 9.18 Å². The Morgan fingerprint density at radius 1 is 1.19 bits per heavy atom. The van der Waals surface area contributed by atoms with Gasteiger partial charge in [0.2, 0.25) is 5.91 Å². The summed E-state index contributed by atoms with van der Waals surface area (Å²) in [6, 6.07) is 13.4. The van der Waals surface area contributed by atoms with Crippen molar-refractivity contribution in [1.82, 2.24) is 25.0 Å². The third kappa shape index (κ3) is 3.55. The van der Waals surface area contributed by atoms with Crippen LogP contribution in [0.2, 0.25) is 5.02 Å². The van der Waals surface area contributed by atoms with Crippen LogP contribution in [0, 0.1) is 12.7 Å². The number of amides is 1. The number of carbonyl (C=O) groups is 1. The van der Waals surface area contributed by atoms with E-state index >= 15 is 0 Å². The number of hydrogen-bond donors (Lipinski definition) is 1. The molecule has 31 heavy (non-hydrogen) atoms. The maximum Gasteiger partial charge on any atom is 0.272 e. The third-order valence-electron chi connectivity index (χ3n) is 5.23. The summed E-state index contributed by atoms with van der Waals surface area (Å²) in [5.74, 6) is 0.0539. The highest BCUT2D eigenvalue weighted by Crippen LogP contribution is 2.40. The summed E-state index contributed by atoms with van der Waals surface area (Å²) in [5, 5.41) is 16.2. The second-order valence-electron chi connectivity index (χ2n) is 7.27. The van der Waals surface area contributed by atoms with E-state index in [2.05, 4.69) is 25.6 Å². The normalized spacial score (nSPS) is 15.5. The molecular formula is C22H16ClFN6O. The molecule has 0 aliphatic carbocycles. The molecule has 0 bridgehead atoms. The van der Waals surface area contributed by atoms with E-state index in [4.69, 9.17) is 11.6 Å². The van der Waals surface area contributed by atoms with Gasteiger partial charge in [0.05, 0.1) is 17.6 Å². The molecule has 3 heterocycles. The summed E-state index contributed by atoms with van der Waals surface area (Å²) in [7, 11) is 0. The molecule has 0 saturated carbocycles. The molecule has 0 radical (unpaired) electrons. The summed E-state index contributed by atoms with van der Waals surface area (Å²) in [4.78, 5) is 17.1. The lowest BCUT2D eigenvalue weighted by molar-refractivity contribution is -0.116. The lowest BCUT2D eigenvalue weighted by Crippen LogP contribution is -2.25. The molecule has 2 aromatic carbocycles. The van der Waals surface area contributed by atoms with Crippen molar-refractivity contribution in [3.05, 3.63) is 82.4 Å². The number of nitrogens with zero attached hydrogens (tertiary/aromatic N) is 5. The topological polar surface area (TPSA) is 85.6 Å². The van der Waals surface area contributed by atoms with Gasteiger partial charge in [-0.3, -0.25) is 4.79 Å². The van der Waals surface area contributed by atoms with Crippen LogP contribution in [0.1, 0.15) is 29.2 Å². The Morgan fingerprint density at radius 2 is 2.00 bits per heavy atom. The average Bonchev–Trinajstić information content (AvgIpc) is 3.10. The van der Waals surface area contributed by atoms with E-state index < -0.39 is 0 Å². The van der Waals surface area contributed by atoms with Crippen molar-refractivity contribution in [3.63, 3.8) is 0 Å². The summed E-state index contributed by atoms with van der Waals surface area (Å²) in [5.41, 5.74) is 3.77. The van der Waals surface area contributed by atoms with Crippen molar-refractivity contribution in [2.75, 3.05) is 5.32 Å². The van der Waals surface area contributed by atoms with Crippen molar-refractivity contribution in [1.29, 1.82) is 0 Å². The number of carbonyl (C=O) groups excluding carboxylic acids is 1. The highest BCUT2D eigenvalue weighted by Gasteiger charge is 2.33. The number of nitrogens with one attached hydrogen (secondary N) is 1. The highest BCUT2D eigenvalue weighted by atomic mass is 35.5. The van der Waals surface area contributed by atoms with Gasteiger partial charge in [0.25, 0.3) is 5.95 Å². The summed E-state index contributed by atoms with van der Waals surface area (Å²) >= 11 is 6.18. The van der Waals surface area contributed by atoms with E-state index in [-0.39, 0.29) is 30.0 Å². The number of fused-ring (bicyclic) bond motifs is 1. The smallest absolute Gasteiger partial charge is 0.272 e. The molecule has 9 heteroatoms. The van der Waals surface area contributed by atoms with Gasteiger partial charge >= 0.3 is 0 Å². The highest BCUT2D eigenvalue weighted by molar-refractivity contribution is 6.30. The van der Waals surface area contributed by atoms with Crippen LogP contribution >= 0.6 is 11.6 Å². The summed E-state index contributed by atoms with van der Waals surface area (Å²) in [6.07, 6.45) is 1.78. The average molecular weight is 435 g/mol. The van der Waals surface area contributed by atoms with Crippen molar-refractivity contribution in [2.24, 2.45) is 0 Å². The molecule has 2 aromatic heterocycles. The lowest BCUT2D eigenvalue weighted by atomic mass is 9.86. The summed E-state index contributed by atoms with van der Waals surface area (Å²) in [6.45, 7) is 1.88. The van der Waals surface area contributed by atoms with Gasteiger partial charge in [-0.25, -0.2) is 9.37 Å². The molecule has 1 atom stereocenters. The standard InChI is InChI=1S/C22H16ClFN6O/c1-12-20-17(14-3-2-4-15(23)9-14)10-19(31)27-21(20)30(29-12)22-26-18(11-25-28-22)13-5-7-16(24)8-6-13/h2-9,11,17H,10H2,1H3,(H,27,31)/t17-/m1/s1. The minimum absolute atomic E-state index is 0.138. The van der Waals surface area contributed by atoms with Gasteiger partial charge in [0.15, 0.2) is 0 Å². The minimum Gasteiger partial charge on any atom is -0.310 e. The van der Waals surface area contributed by atoms with Gasteiger partial charge in [-0.2, -0.15) is 14.9 Å². The fourth-order valence-electron chi connectivity index (χ4n) is 3.84. The molecule has 5 rings (SSSR count). The van der Waals surface area contributed by atoms with Crippen LogP contribution in [0.15, 0.2) is 54.7 Å². The molecule has 0 spiro atoms. The van der Waals surface area contributed by atoms with Gasteiger partial charge in [0, 0.05) is 28.5 Å². The molecular weight excluding hydrogens is 419 g/mol. The van der Waals surface area contributed by atoms with Crippen molar-refractivity contribution >= 4 is 23.3 Å². The zero-order chi connectivity index (χ0) is 21.5. The molecule has 1 amide bonds. The maximum atomic E-state index is 13.3. The third-order valence-corrected chi connectivity index (χ3v) is 5.47. The van der Waals surface area contributed by atoms with Gasteiger partial charge in [0.1, 0.15) is 11.6 Å². The van der Waals surface area contributed by atoms with Crippen LogP contribution in [-0.4, -0.2) is 30.9 Å². The number of rotatable bonds is 3. The SMILES string of the molecule is Cc1nn(-c2nncc(-c3ccc(F)cc3)n2)c2c1[C@@H](c1cccc(Cl)c1)CC(=O)N2. The van der Waals surface area contributed by atoms with E-state index in [0.717, 1.165) is 16.8 Å².